The molecular formula is C25H22N4O3S2. The summed E-state index contributed by atoms with van der Waals surface area (Å²) in [5.41, 5.74) is 3.04. The van der Waals surface area contributed by atoms with Crippen molar-refractivity contribution in [1.29, 1.82) is 0 Å². The number of methoxy groups -OCH3 is 1. The average molecular weight is 491 g/mol. The number of thiophene rings is 1. The summed E-state index contributed by atoms with van der Waals surface area (Å²) in [6.45, 7) is 0.376. The van der Waals surface area contributed by atoms with Crippen LogP contribution in [0.2, 0.25) is 0 Å². The van der Waals surface area contributed by atoms with Gasteiger partial charge in [-0.05, 0) is 34.7 Å². The SMILES string of the molecule is COC(=O)C1Cc2ccccc2CN1C(=O)CSc1nnc(-c2cccs2)n1-c1ccccc1. The largest absolute Gasteiger partial charge is 0.467 e. The van der Waals surface area contributed by atoms with Crippen molar-refractivity contribution in [2.24, 2.45) is 0 Å². The number of hydrogen-bond acceptors (Lipinski definition) is 7. The van der Waals surface area contributed by atoms with Crippen molar-refractivity contribution in [2.75, 3.05) is 12.9 Å². The van der Waals surface area contributed by atoms with Crippen molar-refractivity contribution in [3.8, 4) is 16.4 Å². The molecule has 2 aromatic heterocycles. The lowest BCUT2D eigenvalue weighted by atomic mass is 9.94. The van der Waals surface area contributed by atoms with E-state index in [1.807, 2.05) is 76.7 Å². The number of nitrogens with zero attached hydrogens (tertiary/aromatic N) is 4. The van der Waals surface area contributed by atoms with Gasteiger partial charge in [-0.15, -0.1) is 21.5 Å². The summed E-state index contributed by atoms with van der Waals surface area (Å²) < 4.78 is 6.97. The van der Waals surface area contributed by atoms with E-state index in [-0.39, 0.29) is 11.7 Å². The minimum absolute atomic E-state index is 0.130. The van der Waals surface area contributed by atoms with Crippen molar-refractivity contribution in [3.05, 3.63) is 83.2 Å². The molecule has 9 heteroatoms. The highest BCUT2D eigenvalue weighted by atomic mass is 32.2. The molecule has 0 radical (unpaired) electrons. The topological polar surface area (TPSA) is 77.3 Å². The molecule has 0 N–H and O–H groups in total. The van der Waals surface area contributed by atoms with Crippen LogP contribution in [0.25, 0.3) is 16.4 Å². The molecule has 1 aliphatic rings. The zero-order valence-corrected chi connectivity index (χ0v) is 20.1. The van der Waals surface area contributed by atoms with Gasteiger partial charge in [0.25, 0.3) is 0 Å². The van der Waals surface area contributed by atoms with Crippen LogP contribution < -0.4 is 0 Å². The number of fused-ring (bicyclic) bond motifs is 1. The molecule has 7 nitrogen and oxygen atoms in total. The van der Waals surface area contributed by atoms with Crippen molar-refractivity contribution in [3.63, 3.8) is 0 Å². The summed E-state index contributed by atoms with van der Waals surface area (Å²) in [4.78, 5) is 28.4. The van der Waals surface area contributed by atoms with Crippen LogP contribution in [-0.4, -0.2) is 50.4 Å². The fourth-order valence-electron chi connectivity index (χ4n) is 4.08. The number of thioether (sulfide) groups is 1. The average Bonchev–Trinajstić information content (AvgIpc) is 3.56. The molecular weight excluding hydrogens is 468 g/mol. The van der Waals surface area contributed by atoms with Crippen LogP contribution in [0.3, 0.4) is 0 Å². The number of rotatable bonds is 6. The van der Waals surface area contributed by atoms with Crippen LogP contribution in [0.4, 0.5) is 0 Å². The molecule has 0 aliphatic carbocycles. The van der Waals surface area contributed by atoms with E-state index in [9.17, 15) is 9.59 Å². The van der Waals surface area contributed by atoms with E-state index in [0.717, 1.165) is 27.5 Å². The zero-order chi connectivity index (χ0) is 23.5. The highest BCUT2D eigenvalue weighted by molar-refractivity contribution is 7.99. The van der Waals surface area contributed by atoms with Crippen molar-refractivity contribution < 1.29 is 14.3 Å². The Labute approximate surface area is 205 Å². The molecule has 1 aliphatic heterocycles. The highest BCUT2D eigenvalue weighted by Crippen LogP contribution is 2.31. The minimum Gasteiger partial charge on any atom is -0.467 e. The van der Waals surface area contributed by atoms with Crippen LogP contribution in [0.1, 0.15) is 11.1 Å². The number of carbonyl (C=O) groups is 2. The first-order valence-electron chi connectivity index (χ1n) is 10.8. The van der Waals surface area contributed by atoms with Gasteiger partial charge in [0.2, 0.25) is 5.91 Å². The van der Waals surface area contributed by atoms with Crippen molar-refractivity contribution >= 4 is 35.0 Å². The Morgan fingerprint density at radius 2 is 1.79 bits per heavy atom. The highest BCUT2D eigenvalue weighted by Gasteiger charge is 2.35. The van der Waals surface area contributed by atoms with E-state index >= 15 is 0 Å². The normalized spacial score (nSPS) is 15.1. The summed E-state index contributed by atoms with van der Waals surface area (Å²) in [6, 6.07) is 21.1. The first-order chi connectivity index (χ1) is 16.7. The van der Waals surface area contributed by atoms with Gasteiger partial charge in [0.05, 0.1) is 17.7 Å². The first-order valence-corrected chi connectivity index (χ1v) is 12.6. The van der Waals surface area contributed by atoms with Gasteiger partial charge in [-0.1, -0.05) is 60.3 Å². The zero-order valence-electron chi connectivity index (χ0n) is 18.5. The lowest BCUT2D eigenvalue weighted by Gasteiger charge is -2.35. The summed E-state index contributed by atoms with van der Waals surface area (Å²) in [5, 5.41) is 11.4. The molecule has 0 bridgehead atoms. The van der Waals surface area contributed by atoms with Crippen LogP contribution in [0.5, 0.6) is 0 Å². The maximum absolute atomic E-state index is 13.3. The predicted molar refractivity (Wildman–Crippen MR) is 132 cm³/mol. The number of para-hydroxylation sites is 1. The fourth-order valence-corrected chi connectivity index (χ4v) is 5.62. The minimum atomic E-state index is -0.637. The van der Waals surface area contributed by atoms with Crippen molar-refractivity contribution in [1.82, 2.24) is 19.7 Å². The standard InChI is InChI=1S/C25H22N4O3S2/c1-32-24(31)20-14-17-8-5-6-9-18(17)15-28(20)22(30)16-34-25-27-26-23(21-12-7-13-33-21)29(25)19-10-3-2-4-11-19/h2-13,20H,14-16H2,1H3. The smallest absolute Gasteiger partial charge is 0.328 e. The van der Waals surface area contributed by atoms with Crippen LogP contribution in [0, 0.1) is 0 Å². The third-order valence-corrected chi connectivity index (χ3v) is 7.54. The van der Waals surface area contributed by atoms with E-state index < -0.39 is 12.0 Å². The van der Waals surface area contributed by atoms with Crippen LogP contribution in [-0.2, 0) is 27.3 Å². The van der Waals surface area contributed by atoms with Gasteiger partial charge in [0.15, 0.2) is 11.0 Å². The Kier molecular flexibility index (Phi) is 6.46. The maximum atomic E-state index is 13.3. The molecule has 0 spiro atoms. The van der Waals surface area contributed by atoms with Gasteiger partial charge in [-0.2, -0.15) is 0 Å². The van der Waals surface area contributed by atoms with Gasteiger partial charge in [-0.25, -0.2) is 4.79 Å². The molecule has 0 fully saturated rings. The van der Waals surface area contributed by atoms with Gasteiger partial charge in [0.1, 0.15) is 6.04 Å². The maximum Gasteiger partial charge on any atom is 0.328 e. The Morgan fingerprint density at radius 3 is 2.53 bits per heavy atom. The summed E-state index contributed by atoms with van der Waals surface area (Å²) in [5.74, 6) is 0.316. The predicted octanol–water partition coefficient (Wildman–Crippen LogP) is 4.21. The molecule has 2 aromatic carbocycles. The molecule has 1 unspecified atom stereocenters. The Balaban J connectivity index is 1.41. The Bertz CT molecular complexity index is 1300. The Morgan fingerprint density at radius 1 is 1.03 bits per heavy atom. The second-order valence-electron chi connectivity index (χ2n) is 7.78. The van der Waals surface area contributed by atoms with E-state index in [1.54, 1.807) is 16.2 Å². The molecule has 3 heterocycles. The monoisotopic (exact) mass is 490 g/mol. The van der Waals surface area contributed by atoms with Crippen LogP contribution >= 0.6 is 23.1 Å². The van der Waals surface area contributed by atoms with Crippen molar-refractivity contribution in [2.45, 2.75) is 24.2 Å². The summed E-state index contributed by atoms with van der Waals surface area (Å²) in [7, 11) is 1.36. The molecule has 1 atom stereocenters. The number of hydrogen-bond donors (Lipinski definition) is 0. The number of amides is 1. The molecule has 0 saturated heterocycles. The van der Waals surface area contributed by atoms with Gasteiger partial charge in [0, 0.05) is 18.7 Å². The third kappa shape index (κ3) is 4.36. The van der Waals surface area contributed by atoms with E-state index in [1.165, 1.54) is 18.9 Å². The molecule has 5 rings (SSSR count). The second kappa shape index (κ2) is 9.82. The first kappa shape index (κ1) is 22.4. The lowest BCUT2D eigenvalue weighted by molar-refractivity contribution is -0.153. The molecule has 34 heavy (non-hydrogen) atoms. The molecule has 1 amide bonds. The third-order valence-electron chi connectivity index (χ3n) is 5.76. The fraction of sp³-hybridized carbons (Fsp3) is 0.200. The van der Waals surface area contributed by atoms with E-state index in [0.29, 0.717) is 18.1 Å². The quantitative estimate of drug-likeness (QED) is 0.298. The van der Waals surface area contributed by atoms with E-state index in [2.05, 4.69) is 10.2 Å². The number of carbonyl (C=O) groups excluding carboxylic acids is 2. The number of ether oxygens (including phenoxy) is 1. The molecule has 172 valence electrons. The molecule has 0 saturated carbocycles. The number of aromatic nitrogens is 3. The van der Waals surface area contributed by atoms with Crippen LogP contribution in [0.15, 0.2) is 77.3 Å². The van der Waals surface area contributed by atoms with Gasteiger partial charge in [-0.3, -0.25) is 9.36 Å². The number of benzene rings is 2. The summed E-state index contributed by atoms with van der Waals surface area (Å²) >= 11 is 2.90. The van der Waals surface area contributed by atoms with Gasteiger partial charge < -0.3 is 9.64 Å². The van der Waals surface area contributed by atoms with E-state index in [4.69, 9.17) is 4.74 Å². The number of esters is 1. The lowest BCUT2D eigenvalue weighted by Crippen LogP contribution is -2.49. The second-order valence-corrected chi connectivity index (χ2v) is 9.67. The Hall–Kier alpha value is -3.43. The van der Waals surface area contributed by atoms with Gasteiger partial charge >= 0.3 is 5.97 Å². The molecule has 4 aromatic rings. The summed E-state index contributed by atoms with van der Waals surface area (Å²) in [6.07, 6.45) is 0.446.